The van der Waals surface area contributed by atoms with Gasteiger partial charge in [-0.1, -0.05) is 11.2 Å². The van der Waals surface area contributed by atoms with Crippen molar-refractivity contribution in [2.24, 2.45) is 0 Å². The van der Waals surface area contributed by atoms with Crippen molar-refractivity contribution in [2.75, 3.05) is 14.2 Å². The van der Waals surface area contributed by atoms with Crippen molar-refractivity contribution in [2.45, 2.75) is 31.8 Å². The molecule has 0 unspecified atom stereocenters. The van der Waals surface area contributed by atoms with E-state index in [4.69, 9.17) is 14.0 Å². The van der Waals surface area contributed by atoms with Gasteiger partial charge in [-0.05, 0) is 30.5 Å². The molecule has 2 aromatic rings. The molecule has 1 fully saturated rings. The number of ether oxygens (including phenoxy) is 2. The predicted octanol–water partition coefficient (Wildman–Crippen LogP) is 2.25. The van der Waals surface area contributed by atoms with E-state index in [9.17, 15) is 0 Å². The van der Waals surface area contributed by atoms with Gasteiger partial charge in [-0.3, -0.25) is 0 Å². The molecular weight excluding hydrogens is 270 g/mol. The van der Waals surface area contributed by atoms with Crippen molar-refractivity contribution in [3.8, 4) is 11.5 Å². The van der Waals surface area contributed by atoms with Crippen LogP contribution in [0.3, 0.4) is 0 Å². The largest absolute Gasteiger partial charge is 0.493 e. The lowest BCUT2D eigenvalue weighted by Gasteiger charge is -2.09. The number of methoxy groups -OCH3 is 2. The third kappa shape index (κ3) is 3.33. The SMILES string of the molecule is COc1ccc(CNCc2noc(C3CC3)n2)cc1OC. The number of nitrogens with zero attached hydrogens (tertiary/aromatic N) is 2. The van der Waals surface area contributed by atoms with Crippen LogP contribution in [-0.2, 0) is 13.1 Å². The first-order valence-corrected chi connectivity index (χ1v) is 7.04. The summed E-state index contributed by atoms with van der Waals surface area (Å²) < 4.78 is 15.7. The molecule has 1 aromatic carbocycles. The maximum atomic E-state index is 5.29. The molecule has 0 atom stereocenters. The summed E-state index contributed by atoms with van der Waals surface area (Å²) in [5.41, 5.74) is 1.11. The zero-order valence-corrected chi connectivity index (χ0v) is 12.3. The molecule has 1 aromatic heterocycles. The Kier molecular flexibility index (Phi) is 4.06. The second-order valence-corrected chi connectivity index (χ2v) is 5.12. The van der Waals surface area contributed by atoms with E-state index in [0.29, 0.717) is 24.8 Å². The van der Waals surface area contributed by atoms with Crippen molar-refractivity contribution in [3.63, 3.8) is 0 Å². The molecule has 0 amide bonds. The van der Waals surface area contributed by atoms with E-state index in [1.165, 1.54) is 12.8 Å². The van der Waals surface area contributed by atoms with Crippen molar-refractivity contribution in [3.05, 3.63) is 35.5 Å². The summed E-state index contributed by atoms with van der Waals surface area (Å²) in [7, 11) is 3.26. The van der Waals surface area contributed by atoms with E-state index in [2.05, 4.69) is 15.5 Å². The number of hydrogen-bond donors (Lipinski definition) is 1. The van der Waals surface area contributed by atoms with Gasteiger partial charge in [0.2, 0.25) is 5.89 Å². The highest BCUT2D eigenvalue weighted by molar-refractivity contribution is 5.42. The quantitative estimate of drug-likeness (QED) is 0.843. The zero-order chi connectivity index (χ0) is 14.7. The van der Waals surface area contributed by atoms with Crippen LogP contribution in [0.4, 0.5) is 0 Å². The van der Waals surface area contributed by atoms with Gasteiger partial charge in [0.1, 0.15) is 0 Å². The molecule has 0 spiro atoms. The number of nitrogens with one attached hydrogen (secondary N) is 1. The summed E-state index contributed by atoms with van der Waals surface area (Å²) in [4.78, 5) is 4.38. The normalized spacial score (nSPS) is 14.2. The zero-order valence-electron chi connectivity index (χ0n) is 12.3. The van der Waals surface area contributed by atoms with Crippen LogP contribution in [0.15, 0.2) is 22.7 Å². The fourth-order valence-corrected chi connectivity index (χ4v) is 2.14. The number of hydrogen-bond acceptors (Lipinski definition) is 6. The first-order valence-electron chi connectivity index (χ1n) is 7.04. The second-order valence-electron chi connectivity index (χ2n) is 5.12. The average molecular weight is 289 g/mol. The highest BCUT2D eigenvalue weighted by Crippen LogP contribution is 2.38. The number of aromatic nitrogens is 2. The van der Waals surface area contributed by atoms with Crippen LogP contribution in [0.1, 0.15) is 36.0 Å². The Hall–Kier alpha value is -2.08. The molecule has 0 bridgehead atoms. The fraction of sp³-hybridized carbons (Fsp3) is 0.467. The van der Waals surface area contributed by atoms with E-state index in [0.717, 1.165) is 23.0 Å². The first-order chi connectivity index (χ1) is 10.3. The third-order valence-corrected chi connectivity index (χ3v) is 3.47. The topological polar surface area (TPSA) is 69.4 Å². The molecule has 0 saturated heterocycles. The van der Waals surface area contributed by atoms with Crippen molar-refractivity contribution >= 4 is 0 Å². The Morgan fingerprint density at radius 3 is 2.71 bits per heavy atom. The highest BCUT2D eigenvalue weighted by atomic mass is 16.5. The first kappa shape index (κ1) is 13.9. The highest BCUT2D eigenvalue weighted by Gasteiger charge is 2.29. The minimum Gasteiger partial charge on any atom is -0.493 e. The molecular formula is C15H19N3O3. The van der Waals surface area contributed by atoms with E-state index in [1.54, 1.807) is 14.2 Å². The Labute approximate surface area is 123 Å². The van der Waals surface area contributed by atoms with Crippen LogP contribution in [0.2, 0.25) is 0 Å². The Balaban J connectivity index is 1.54. The van der Waals surface area contributed by atoms with Crippen LogP contribution in [-0.4, -0.2) is 24.4 Å². The molecule has 6 nitrogen and oxygen atoms in total. The summed E-state index contributed by atoms with van der Waals surface area (Å²) in [6, 6.07) is 5.85. The van der Waals surface area contributed by atoms with Crippen molar-refractivity contribution in [1.29, 1.82) is 0 Å². The third-order valence-electron chi connectivity index (χ3n) is 3.47. The summed E-state index contributed by atoms with van der Waals surface area (Å²) in [5.74, 6) is 3.44. The lowest BCUT2D eigenvalue weighted by atomic mass is 10.2. The van der Waals surface area contributed by atoms with Crippen molar-refractivity contribution < 1.29 is 14.0 Å². The lowest BCUT2D eigenvalue weighted by Crippen LogP contribution is -2.13. The summed E-state index contributed by atoms with van der Waals surface area (Å²) in [6.45, 7) is 1.29. The monoisotopic (exact) mass is 289 g/mol. The van der Waals surface area contributed by atoms with Gasteiger partial charge in [-0.25, -0.2) is 0 Å². The maximum Gasteiger partial charge on any atom is 0.229 e. The molecule has 1 N–H and O–H groups in total. The van der Waals surface area contributed by atoms with Gasteiger partial charge in [-0.2, -0.15) is 4.98 Å². The van der Waals surface area contributed by atoms with E-state index in [1.807, 2.05) is 18.2 Å². The molecule has 0 aliphatic heterocycles. The van der Waals surface area contributed by atoms with Gasteiger partial charge in [-0.15, -0.1) is 0 Å². The van der Waals surface area contributed by atoms with Gasteiger partial charge < -0.3 is 19.3 Å². The molecule has 1 aliphatic rings. The van der Waals surface area contributed by atoms with Gasteiger partial charge in [0.15, 0.2) is 17.3 Å². The molecule has 1 aliphatic carbocycles. The molecule has 3 rings (SSSR count). The molecule has 1 heterocycles. The minimum absolute atomic E-state index is 0.497. The maximum absolute atomic E-state index is 5.29. The summed E-state index contributed by atoms with van der Waals surface area (Å²) >= 11 is 0. The summed E-state index contributed by atoms with van der Waals surface area (Å²) in [5, 5.41) is 7.27. The molecule has 21 heavy (non-hydrogen) atoms. The van der Waals surface area contributed by atoms with Gasteiger partial charge >= 0.3 is 0 Å². The number of rotatable bonds is 7. The average Bonchev–Trinajstić information content (AvgIpc) is 3.27. The summed E-state index contributed by atoms with van der Waals surface area (Å²) in [6.07, 6.45) is 2.33. The fourth-order valence-electron chi connectivity index (χ4n) is 2.14. The molecule has 6 heteroatoms. The lowest BCUT2D eigenvalue weighted by molar-refractivity contribution is 0.354. The molecule has 112 valence electrons. The Morgan fingerprint density at radius 2 is 2.00 bits per heavy atom. The van der Waals surface area contributed by atoms with Crippen LogP contribution >= 0.6 is 0 Å². The van der Waals surface area contributed by atoms with Crippen LogP contribution in [0.5, 0.6) is 11.5 Å². The van der Waals surface area contributed by atoms with E-state index >= 15 is 0 Å². The standard InChI is InChI=1S/C15H19N3O3/c1-19-12-6-3-10(7-13(12)20-2)8-16-9-14-17-15(21-18-14)11-4-5-11/h3,6-7,11,16H,4-5,8-9H2,1-2H3. The Morgan fingerprint density at radius 1 is 1.19 bits per heavy atom. The number of benzene rings is 1. The van der Waals surface area contributed by atoms with E-state index < -0.39 is 0 Å². The smallest absolute Gasteiger partial charge is 0.229 e. The molecule has 0 radical (unpaired) electrons. The minimum atomic E-state index is 0.497. The van der Waals surface area contributed by atoms with Crippen molar-refractivity contribution in [1.82, 2.24) is 15.5 Å². The van der Waals surface area contributed by atoms with Crippen LogP contribution in [0, 0.1) is 0 Å². The van der Waals surface area contributed by atoms with Gasteiger partial charge in [0, 0.05) is 12.5 Å². The van der Waals surface area contributed by atoms with Gasteiger partial charge in [0.05, 0.1) is 20.8 Å². The van der Waals surface area contributed by atoms with Gasteiger partial charge in [0.25, 0.3) is 0 Å². The van der Waals surface area contributed by atoms with Crippen LogP contribution < -0.4 is 14.8 Å². The second kappa shape index (κ2) is 6.13. The van der Waals surface area contributed by atoms with E-state index in [-0.39, 0.29) is 0 Å². The van der Waals surface area contributed by atoms with Crippen LogP contribution in [0.25, 0.3) is 0 Å². The Bertz CT molecular complexity index is 608. The predicted molar refractivity (Wildman–Crippen MR) is 76.4 cm³/mol. The molecule has 1 saturated carbocycles.